The van der Waals surface area contributed by atoms with Gasteiger partial charge in [0.25, 0.3) is 0 Å². The third-order valence-corrected chi connectivity index (χ3v) is 2.49. The number of rotatable bonds is 8. The Morgan fingerprint density at radius 3 is 2.29 bits per heavy atom. The molecular weight excluding hydrogens is 180 g/mol. The zero-order valence-electron chi connectivity index (χ0n) is 9.20. The van der Waals surface area contributed by atoms with Crippen molar-refractivity contribution in [2.75, 3.05) is 0 Å². The van der Waals surface area contributed by atoms with Crippen molar-refractivity contribution in [1.29, 1.82) is 0 Å². The minimum absolute atomic E-state index is 0.383. The normalized spacial score (nSPS) is 15.1. The maximum absolute atomic E-state index is 10.3. The third-order valence-electron chi connectivity index (χ3n) is 2.49. The van der Waals surface area contributed by atoms with Crippen LogP contribution in [0.1, 0.15) is 52.4 Å². The molecule has 0 saturated heterocycles. The van der Waals surface area contributed by atoms with E-state index in [1.165, 1.54) is 12.8 Å². The first kappa shape index (κ1) is 13.4. The molecule has 0 aromatic rings. The lowest BCUT2D eigenvalue weighted by Gasteiger charge is -2.10. The number of unbranched alkanes of at least 4 members (excludes halogenated alkanes) is 1. The maximum Gasteiger partial charge on any atom is 0.332 e. The van der Waals surface area contributed by atoms with Gasteiger partial charge in [0, 0.05) is 0 Å². The van der Waals surface area contributed by atoms with E-state index >= 15 is 0 Å². The van der Waals surface area contributed by atoms with Crippen molar-refractivity contribution in [2.45, 2.75) is 58.5 Å². The molecule has 0 aliphatic heterocycles. The van der Waals surface area contributed by atoms with E-state index in [1.807, 2.05) is 0 Å². The lowest BCUT2D eigenvalue weighted by atomic mass is 9.98. The van der Waals surface area contributed by atoms with Crippen LogP contribution in [-0.2, 0) is 4.79 Å². The van der Waals surface area contributed by atoms with Crippen molar-refractivity contribution in [3.63, 3.8) is 0 Å². The van der Waals surface area contributed by atoms with Crippen LogP contribution in [0.4, 0.5) is 0 Å². The number of aliphatic hydroxyl groups excluding tert-OH is 1. The Bertz CT molecular complexity index is 157. The minimum atomic E-state index is -1.17. The molecule has 0 heterocycles. The second kappa shape index (κ2) is 7.80. The number of carboxylic acid groups (broad SMARTS) is 1. The summed E-state index contributed by atoms with van der Waals surface area (Å²) in [6, 6.07) is 0. The molecule has 3 heteroatoms. The maximum atomic E-state index is 10.3. The summed E-state index contributed by atoms with van der Waals surface area (Å²) in [6.45, 7) is 4.39. The molecule has 0 aliphatic carbocycles. The summed E-state index contributed by atoms with van der Waals surface area (Å²) in [5.41, 5.74) is 0. The smallest absolute Gasteiger partial charge is 0.332 e. The van der Waals surface area contributed by atoms with Gasteiger partial charge in [-0.15, -0.1) is 0 Å². The standard InChI is InChI=1S/C11H22O3/c1-3-6-9(2)7-4-5-8-10(12)11(13)14/h9-10,12H,3-8H2,1-2H3,(H,13,14). The topological polar surface area (TPSA) is 57.5 Å². The fraction of sp³-hybridized carbons (Fsp3) is 0.909. The van der Waals surface area contributed by atoms with Crippen molar-refractivity contribution in [1.82, 2.24) is 0 Å². The third kappa shape index (κ3) is 6.89. The molecule has 0 rings (SSSR count). The Morgan fingerprint density at radius 2 is 1.79 bits per heavy atom. The predicted molar refractivity (Wildman–Crippen MR) is 56.2 cm³/mol. The molecule has 2 atom stereocenters. The average Bonchev–Trinajstić information content (AvgIpc) is 2.12. The van der Waals surface area contributed by atoms with Gasteiger partial charge in [-0.3, -0.25) is 0 Å². The van der Waals surface area contributed by atoms with Crippen molar-refractivity contribution in [3.05, 3.63) is 0 Å². The van der Waals surface area contributed by atoms with E-state index < -0.39 is 12.1 Å². The molecule has 2 unspecified atom stereocenters. The summed E-state index contributed by atoms with van der Waals surface area (Å²) >= 11 is 0. The van der Waals surface area contributed by atoms with Crippen molar-refractivity contribution >= 4 is 5.97 Å². The van der Waals surface area contributed by atoms with Crippen LogP contribution in [0.2, 0.25) is 0 Å². The minimum Gasteiger partial charge on any atom is -0.479 e. The van der Waals surface area contributed by atoms with Crippen LogP contribution < -0.4 is 0 Å². The highest BCUT2D eigenvalue weighted by atomic mass is 16.4. The molecule has 0 saturated carbocycles. The molecule has 0 aromatic carbocycles. The Hall–Kier alpha value is -0.570. The molecule has 0 aromatic heterocycles. The first-order valence-electron chi connectivity index (χ1n) is 5.48. The zero-order chi connectivity index (χ0) is 11.0. The molecule has 14 heavy (non-hydrogen) atoms. The SMILES string of the molecule is CCCC(C)CCCCC(O)C(=O)O. The first-order valence-corrected chi connectivity index (χ1v) is 5.48. The summed E-state index contributed by atoms with van der Waals surface area (Å²) < 4.78 is 0. The molecule has 0 amide bonds. The van der Waals surface area contributed by atoms with Gasteiger partial charge in [-0.05, 0) is 12.3 Å². The number of hydrogen-bond acceptors (Lipinski definition) is 2. The van der Waals surface area contributed by atoms with E-state index in [1.54, 1.807) is 0 Å². The molecule has 3 nitrogen and oxygen atoms in total. The second-order valence-electron chi connectivity index (χ2n) is 4.03. The Morgan fingerprint density at radius 1 is 1.21 bits per heavy atom. The van der Waals surface area contributed by atoms with Crippen LogP contribution in [0, 0.1) is 5.92 Å². The fourth-order valence-electron chi connectivity index (χ4n) is 1.59. The molecule has 0 spiro atoms. The van der Waals surface area contributed by atoms with Gasteiger partial charge in [0.1, 0.15) is 0 Å². The number of carboxylic acids is 1. The van der Waals surface area contributed by atoms with Crippen LogP contribution in [-0.4, -0.2) is 22.3 Å². The quantitative estimate of drug-likeness (QED) is 0.594. The second-order valence-corrected chi connectivity index (χ2v) is 4.03. The van der Waals surface area contributed by atoms with E-state index in [-0.39, 0.29) is 0 Å². The molecule has 0 radical (unpaired) electrons. The molecule has 2 N–H and O–H groups in total. The van der Waals surface area contributed by atoms with E-state index in [2.05, 4.69) is 13.8 Å². The lowest BCUT2D eigenvalue weighted by Crippen LogP contribution is -2.18. The number of carbonyl (C=O) groups is 1. The summed E-state index contributed by atoms with van der Waals surface area (Å²) in [4.78, 5) is 10.3. The van der Waals surface area contributed by atoms with Gasteiger partial charge < -0.3 is 10.2 Å². The number of hydrogen-bond donors (Lipinski definition) is 2. The van der Waals surface area contributed by atoms with Gasteiger partial charge in [0.15, 0.2) is 6.10 Å². The van der Waals surface area contributed by atoms with E-state index in [4.69, 9.17) is 10.2 Å². The Balaban J connectivity index is 3.33. The van der Waals surface area contributed by atoms with E-state index in [9.17, 15) is 4.79 Å². The van der Waals surface area contributed by atoms with Gasteiger partial charge in [-0.2, -0.15) is 0 Å². The molecule has 0 fully saturated rings. The molecule has 84 valence electrons. The van der Waals surface area contributed by atoms with Crippen LogP contribution >= 0.6 is 0 Å². The van der Waals surface area contributed by atoms with Gasteiger partial charge in [0.05, 0.1) is 0 Å². The lowest BCUT2D eigenvalue weighted by molar-refractivity contribution is -0.146. The van der Waals surface area contributed by atoms with Gasteiger partial charge in [0.2, 0.25) is 0 Å². The summed E-state index contributed by atoms with van der Waals surface area (Å²) in [7, 11) is 0. The predicted octanol–water partition coefficient (Wildman–Crippen LogP) is 2.43. The van der Waals surface area contributed by atoms with E-state index in [0.29, 0.717) is 6.42 Å². The molecule has 0 bridgehead atoms. The largest absolute Gasteiger partial charge is 0.479 e. The highest BCUT2D eigenvalue weighted by Crippen LogP contribution is 2.15. The highest BCUT2D eigenvalue weighted by Gasteiger charge is 2.11. The van der Waals surface area contributed by atoms with Crippen molar-refractivity contribution in [3.8, 4) is 0 Å². The Kier molecular flexibility index (Phi) is 7.48. The van der Waals surface area contributed by atoms with Crippen molar-refractivity contribution < 1.29 is 15.0 Å². The van der Waals surface area contributed by atoms with Crippen LogP contribution in [0.5, 0.6) is 0 Å². The molecule has 0 aliphatic rings. The summed E-state index contributed by atoms with van der Waals surface area (Å²) in [5, 5.41) is 17.4. The highest BCUT2D eigenvalue weighted by molar-refractivity contribution is 5.71. The first-order chi connectivity index (χ1) is 6.57. The molecular formula is C11H22O3. The van der Waals surface area contributed by atoms with Crippen LogP contribution in [0.25, 0.3) is 0 Å². The van der Waals surface area contributed by atoms with Gasteiger partial charge in [-0.25, -0.2) is 4.79 Å². The van der Waals surface area contributed by atoms with E-state index in [0.717, 1.165) is 25.2 Å². The zero-order valence-corrected chi connectivity index (χ0v) is 9.20. The average molecular weight is 202 g/mol. The summed E-state index contributed by atoms with van der Waals surface area (Å²) in [5.74, 6) is -0.381. The number of aliphatic hydroxyl groups is 1. The van der Waals surface area contributed by atoms with Gasteiger partial charge >= 0.3 is 5.97 Å². The van der Waals surface area contributed by atoms with Gasteiger partial charge in [-0.1, -0.05) is 46.0 Å². The Labute approximate surface area is 86.1 Å². The van der Waals surface area contributed by atoms with Crippen LogP contribution in [0.15, 0.2) is 0 Å². The fourth-order valence-corrected chi connectivity index (χ4v) is 1.59. The summed E-state index contributed by atoms with van der Waals surface area (Å²) in [6.07, 6.45) is 4.62. The van der Waals surface area contributed by atoms with Crippen molar-refractivity contribution in [2.24, 2.45) is 5.92 Å². The number of aliphatic carboxylic acids is 1. The monoisotopic (exact) mass is 202 g/mol. The van der Waals surface area contributed by atoms with Crippen LogP contribution in [0.3, 0.4) is 0 Å².